The second-order valence-corrected chi connectivity index (χ2v) is 52.2. The number of rotatable bonds is 8. The van der Waals surface area contributed by atoms with Crippen LogP contribution in [0.3, 0.4) is 0 Å². The van der Waals surface area contributed by atoms with Crippen molar-refractivity contribution in [1.29, 1.82) is 0 Å². The molecule has 2 rings (SSSR count). The van der Waals surface area contributed by atoms with Gasteiger partial charge in [0, 0.05) is 0 Å². The van der Waals surface area contributed by atoms with Crippen molar-refractivity contribution in [3.05, 3.63) is 40.0 Å². The Bertz CT molecular complexity index is 917. The molecule has 35 heavy (non-hydrogen) atoms. The average Bonchev–Trinajstić information content (AvgIpc) is 3.11. The van der Waals surface area contributed by atoms with Gasteiger partial charge < -0.3 is 0 Å². The Morgan fingerprint density at radius 1 is 0.343 bits per heavy atom. The molecule has 7 heteroatoms. The first-order valence-corrected chi connectivity index (χ1v) is 38.1. The van der Waals surface area contributed by atoms with Gasteiger partial charge in [0.1, 0.15) is 0 Å². The van der Waals surface area contributed by atoms with Gasteiger partial charge in [0.15, 0.2) is 0 Å². The van der Waals surface area contributed by atoms with Crippen LogP contribution < -0.4 is 0 Å². The quantitative estimate of drug-likeness (QED) is 0.233. The third-order valence-electron chi connectivity index (χ3n) is 7.83. The van der Waals surface area contributed by atoms with Gasteiger partial charge in [0.2, 0.25) is 0 Å². The van der Waals surface area contributed by atoms with E-state index in [2.05, 4.69) is 127 Å². The van der Waals surface area contributed by atoms with Crippen molar-refractivity contribution in [2.75, 3.05) is 0 Å². The van der Waals surface area contributed by atoms with Gasteiger partial charge in [-0.2, -0.15) is 0 Å². The van der Waals surface area contributed by atoms with E-state index in [0.29, 0.717) is 0 Å². The van der Waals surface area contributed by atoms with Crippen molar-refractivity contribution < 1.29 is 0 Å². The molecule has 0 radical (unpaired) electrons. The van der Waals surface area contributed by atoms with Crippen LogP contribution in [0, 0.1) is 0 Å². The molecule has 0 nitrogen and oxygen atoms in total. The molecule has 0 saturated carbocycles. The molecule has 0 heterocycles. The van der Waals surface area contributed by atoms with Crippen molar-refractivity contribution in [2.24, 2.45) is 0 Å². The summed E-state index contributed by atoms with van der Waals surface area (Å²) >= 11 is -1.01. The summed E-state index contributed by atoms with van der Waals surface area (Å²) < 4.78 is 4.12. The van der Waals surface area contributed by atoms with Gasteiger partial charge in [-0.1, -0.05) is 0 Å². The summed E-state index contributed by atoms with van der Waals surface area (Å²) in [5.41, 5.74) is 0. The summed E-state index contributed by atoms with van der Waals surface area (Å²) in [5.74, 6) is 0. The minimum absolute atomic E-state index is 1.01. The van der Waals surface area contributed by atoms with Crippen LogP contribution in [0.5, 0.6) is 0 Å². The van der Waals surface area contributed by atoms with Crippen molar-refractivity contribution >= 4 is 63.9 Å². The van der Waals surface area contributed by atoms with Gasteiger partial charge in [-0.25, -0.2) is 0 Å². The van der Waals surface area contributed by atoms with E-state index in [1.165, 1.54) is 12.8 Å². The third kappa shape index (κ3) is 7.07. The zero-order valence-corrected chi connectivity index (χ0v) is 36.1. The molecule has 0 bridgehead atoms. The average molecular weight is 638 g/mol. The van der Waals surface area contributed by atoms with E-state index in [9.17, 15) is 0 Å². The van der Waals surface area contributed by atoms with E-state index >= 15 is 0 Å². The van der Waals surface area contributed by atoms with E-state index in [4.69, 9.17) is 0 Å². The summed E-state index contributed by atoms with van der Waals surface area (Å²) in [6.07, 6.45) is 2.78. The predicted molar refractivity (Wildman–Crippen MR) is 186 cm³/mol. The normalized spacial score (nSPS) is 19.7. The fourth-order valence-electron chi connectivity index (χ4n) is 6.74. The van der Waals surface area contributed by atoms with Gasteiger partial charge in [-0.15, -0.1) is 0 Å². The van der Waals surface area contributed by atoms with Crippen molar-refractivity contribution in [1.82, 2.24) is 0 Å². The van der Waals surface area contributed by atoms with Gasteiger partial charge in [0.05, 0.1) is 0 Å². The van der Waals surface area contributed by atoms with Crippen LogP contribution in [0.4, 0.5) is 0 Å². The molecular weight excluding hydrogens is 577 g/mol. The van der Waals surface area contributed by atoms with E-state index in [1.54, 1.807) is 0 Å². The zero-order valence-electron chi connectivity index (χ0n) is 27.1. The fourth-order valence-corrected chi connectivity index (χ4v) is 40.7. The molecular formula is C28H60GeSi6. The Balaban J connectivity index is 2.83. The first-order chi connectivity index (χ1) is 15.2. The third-order valence-corrected chi connectivity index (χ3v) is 27.4. The fraction of sp³-hybridized carbons (Fsp3) is 0.714. The summed E-state index contributed by atoms with van der Waals surface area (Å²) in [6, 6.07) is 0. The molecule has 2 aliphatic carbocycles. The molecule has 0 N–H and O–H groups in total. The monoisotopic (exact) mass is 638 g/mol. The van der Waals surface area contributed by atoms with Gasteiger partial charge in [-0.3, -0.25) is 0 Å². The molecule has 0 aliphatic heterocycles. The molecule has 0 aromatic heterocycles. The van der Waals surface area contributed by atoms with Crippen LogP contribution >= 0.6 is 0 Å². The summed E-state index contributed by atoms with van der Waals surface area (Å²) in [7, 11) is -8.27. The first-order valence-electron chi connectivity index (χ1n) is 14.1. The SMILES string of the molecule is C[Si](C)(C)C1=C([Si](C)(C)C)C([Si](C)(C)C)=[C]([GeH2][C]2=C([Si](C)(C)C)C([Si](C)(C)C)=C([Si](C)(C)C)C2)C1. The maximum atomic E-state index is 2.67. The van der Waals surface area contributed by atoms with E-state index in [1.807, 2.05) is 31.2 Å². The predicted octanol–water partition coefficient (Wildman–Crippen LogP) is 9.33. The second kappa shape index (κ2) is 9.77. The standard InChI is InChI=1S/C28H60GeSi6/c1-30(2,3)23-19-21(25(32(7,8)9)27(23)34(13,14)15)29-22-20-24(31(4,5)6)28(35(16,17)18)26(22)33(10,11)12/h19-20,29H2,1-18H3. The molecule has 0 aromatic rings. The summed E-state index contributed by atoms with van der Waals surface area (Å²) in [4.78, 5) is 0. The molecule has 2 aliphatic rings. The molecule has 0 saturated heterocycles. The van der Waals surface area contributed by atoms with Gasteiger partial charge in [-0.05, 0) is 0 Å². The zero-order chi connectivity index (χ0) is 27.7. The van der Waals surface area contributed by atoms with Crippen LogP contribution in [-0.2, 0) is 0 Å². The van der Waals surface area contributed by atoms with Gasteiger partial charge >= 0.3 is 235 Å². The Morgan fingerprint density at radius 2 is 0.571 bits per heavy atom. The van der Waals surface area contributed by atoms with Crippen molar-refractivity contribution in [3.8, 4) is 0 Å². The minimum atomic E-state index is -1.41. The second-order valence-electron chi connectivity index (χ2n) is 17.7. The summed E-state index contributed by atoms with van der Waals surface area (Å²) in [6.45, 7) is 47.7. The molecule has 0 unspecified atom stereocenters. The molecule has 0 amide bonds. The topological polar surface area (TPSA) is 0 Å². The van der Waals surface area contributed by atoms with Crippen LogP contribution in [0.2, 0.25) is 118 Å². The Kier molecular flexibility index (Phi) is 8.94. The Hall–Kier alpha value is 0.804. The molecule has 0 aromatic carbocycles. The number of allylic oxidation sites excluding steroid dienone is 8. The Morgan fingerprint density at radius 3 is 0.743 bits per heavy atom. The van der Waals surface area contributed by atoms with Crippen molar-refractivity contribution in [3.63, 3.8) is 0 Å². The van der Waals surface area contributed by atoms with Crippen LogP contribution in [0.1, 0.15) is 12.8 Å². The summed E-state index contributed by atoms with van der Waals surface area (Å²) in [5, 5.41) is 11.9. The molecule has 0 atom stereocenters. The van der Waals surface area contributed by atoms with Crippen molar-refractivity contribution in [2.45, 2.75) is 131 Å². The van der Waals surface area contributed by atoms with E-state index < -0.39 is 63.9 Å². The molecule has 200 valence electrons. The first kappa shape index (κ1) is 32.0. The van der Waals surface area contributed by atoms with E-state index in [-0.39, 0.29) is 0 Å². The van der Waals surface area contributed by atoms with Crippen LogP contribution in [-0.4, -0.2) is 63.9 Å². The van der Waals surface area contributed by atoms with Crippen LogP contribution in [0.15, 0.2) is 40.0 Å². The Labute approximate surface area is 233 Å². The van der Waals surface area contributed by atoms with Crippen LogP contribution in [0.25, 0.3) is 0 Å². The maximum absolute atomic E-state index is 2.67. The number of hydrogen-bond acceptors (Lipinski definition) is 0. The number of hydrogen-bond donors (Lipinski definition) is 0. The molecule has 0 fully saturated rings. The van der Waals surface area contributed by atoms with Gasteiger partial charge in [0.25, 0.3) is 0 Å². The molecule has 0 spiro atoms. The van der Waals surface area contributed by atoms with E-state index in [0.717, 1.165) is 0 Å².